The van der Waals surface area contributed by atoms with Gasteiger partial charge in [-0.1, -0.05) is 0 Å². The maximum absolute atomic E-state index is 10.8. The van der Waals surface area contributed by atoms with Crippen LogP contribution in [0.5, 0.6) is 0 Å². The summed E-state index contributed by atoms with van der Waals surface area (Å²) in [5, 5.41) is 15.5. The molecule has 0 radical (unpaired) electrons. The van der Waals surface area contributed by atoms with E-state index in [-0.39, 0.29) is 5.69 Å². The second-order valence-corrected chi connectivity index (χ2v) is 4.97. The molecular weight excluding hydrogens is 248 g/mol. The molecule has 0 aliphatic rings. The van der Waals surface area contributed by atoms with Crippen LogP contribution in [0.25, 0.3) is 11.3 Å². The lowest BCUT2D eigenvalue weighted by atomic mass is 10.0. The van der Waals surface area contributed by atoms with E-state index >= 15 is 0 Å². The van der Waals surface area contributed by atoms with Gasteiger partial charge in [-0.3, -0.25) is 5.10 Å². The molecular formula is C13H14N2O2S. The number of benzene rings is 1. The molecule has 0 aliphatic heterocycles. The molecule has 0 saturated carbocycles. The zero-order chi connectivity index (χ0) is 13.3. The maximum Gasteiger partial charge on any atom is 0.353 e. The summed E-state index contributed by atoms with van der Waals surface area (Å²) >= 11 is 1.66. The lowest BCUT2D eigenvalue weighted by Gasteiger charge is -2.08. The number of nitrogens with one attached hydrogen (secondary N) is 1. The molecule has 2 aromatic rings. The fourth-order valence-electron chi connectivity index (χ4n) is 1.78. The molecule has 1 aromatic heterocycles. The third-order valence-electron chi connectivity index (χ3n) is 2.96. The summed E-state index contributed by atoms with van der Waals surface area (Å²) in [6.45, 7) is 4.06. The Hall–Kier alpha value is -1.75. The highest BCUT2D eigenvalue weighted by molar-refractivity contribution is 7.98. The molecule has 0 fully saturated rings. The van der Waals surface area contributed by atoms with Crippen molar-refractivity contribution in [3.63, 3.8) is 0 Å². The zero-order valence-corrected chi connectivity index (χ0v) is 11.3. The third-order valence-corrected chi connectivity index (χ3v) is 3.67. The van der Waals surface area contributed by atoms with Crippen LogP contribution in [0.3, 0.4) is 0 Å². The van der Waals surface area contributed by atoms with Gasteiger partial charge in [0.15, 0.2) is 0 Å². The molecule has 0 atom stereocenters. The number of aromatic amines is 1. The third kappa shape index (κ3) is 2.26. The minimum atomic E-state index is -0.996. The predicted octanol–water partition coefficient (Wildman–Crippen LogP) is 3.11. The van der Waals surface area contributed by atoms with Crippen LogP contribution in [0.2, 0.25) is 0 Å². The molecule has 0 aliphatic carbocycles. The Morgan fingerprint density at radius 1 is 1.33 bits per heavy atom. The van der Waals surface area contributed by atoms with Gasteiger partial charge >= 0.3 is 5.97 Å². The van der Waals surface area contributed by atoms with Gasteiger partial charge in [0.1, 0.15) is 5.69 Å². The Bertz CT molecular complexity index is 605. The quantitative estimate of drug-likeness (QED) is 0.834. The van der Waals surface area contributed by atoms with Gasteiger partial charge in [-0.25, -0.2) is 4.79 Å². The average molecular weight is 262 g/mol. The Labute approximate surface area is 109 Å². The fraction of sp³-hybridized carbons (Fsp3) is 0.231. The van der Waals surface area contributed by atoms with E-state index in [1.54, 1.807) is 17.8 Å². The number of aromatic carboxylic acids is 1. The number of H-pyrrole nitrogens is 1. The molecule has 0 amide bonds. The lowest BCUT2D eigenvalue weighted by molar-refractivity contribution is 0.0690. The minimum Gasteiger partial charge on any atom is -0.477 e. The SMILES string of the molecule is CSc1cc(C)c(C)c(-c2cc(C(=O)O)[nH]n2)c1. The van der Waals surface area contributed by atoms with Crippen molar-refractivity contribution in [2.45, 2.75) is 18.7 Å². The fourth-order valence-corrected chi connectivity index (χ4v) is 2.31. The van der Waals surface area contributed by atoms with Crippen molar-refractivity contribution in [2.75, 3.05) is 6.26 Å². The summed E-state index contributed by atoms with van der Waals surface area (Å²) in [6.07, 6.45) is 2.01. The van der Waals surface area contributed by atoms with Crippen LogP contribution >= 0.6 is 11.8 Å². The molecule has 1 aromatic carbocycles. The van der Waals surface area contributed by atoms with Crippen LogP contribution in [0.1, 0.15) is 21.6 Å². The second kappa shape index (κ2) is 4.86. The normalized spacial score (nSPS) is 10.6. The summed E-state index contributed by atoms with van der Waals surface area (Å²) in [5.41, 5.74) is 4.05. The number of hydrogen-bond donors (Lipinski definition) is 2. The van der Waals surface area contributed by atoms with Crippen LogP contribution in [0.15, 0.2) is 23.1 Å². The highest BCUT2D eigenvalue weighted by Crippen LogP contribution is 2.29. The van der Waals surface area contributed by atoms with Crippen LogP contribution < -0.4 is 0 Å². The molecule has 2 rings (SSSR count). The van der Waals surface area contributed by atoms with Gasteiger partial charge in [0.25, 0.3) is 0 Å². The van der Waals surface area contributed by atoms with E-state index in [4.69, 9.17) is 5.11 Å². The van der Waals surface area contributed by atoms with E-state index in [2.05, 4.69) is 16.3 Å². The summed E-state index contributed by atoms with van der Waals surface area (Å²) in [7, 11) is 0. The van der Waals surface area contributed by atoms with Crippen LogP contribution in [0, 0.1) is 13.8 Å². The second-order valence-electron chi connectivity index (χ2n) is 4.09. The standard InChI is InChI=1S/C13H14N2O2S/c1-7-4-9(18-3)5-10(8(7)2)11-6-12(13(16)17)15-14-11/h4-6H,1-3H3,(H,14,15)(H,16,17). The summed E-state index contributed by atoms with van der Waals surface area (Å²) in [4.78, 5) is 12.0. The number of hydrogen-bond acceptors (Lipinski definition) is 3. The molecule has 0 unspecified atom stereocenters. The van der Waals surface area contributed by atoms with E-state index in [9.17, 15) is 4.79 Å². The number of rotatable bonds is 3. The smallest absolute Gasteiger partial charge is 0.353 e. The zero-order valence-electron chi connectivity index (χ0n) is 10.4. The molecule has 5 heteroatoms. The maximum atomic E-state index is 10.8. The molecule has 0 saturated heterocycles. The molecule has 1 heterocycles. The summed E-state index contributed by atoms with van der Waals surface area (Å²) < 4.78 is 0. The Morgan fingerprint density at radius 3 is 2.61 bits per heavy atom. The summed E-state index contributed by atoms with van der Waals surface area (Å²) in [5.74, 6) is -0.996. The first-order chi connectivity index (χ1) is 8.52. The first-order valence-corrected chi connectivity index (χ1v) is 6.69. The molecule has 0 bridgehead atoms. The van der Waals surface area contributed by atoms with Crippen molar-refractivity contribution in [1.29, 1.82) is 0 Å². The van der Waals surface area contributed by atoms with Gasteiger partial charge in [0.2, 0.25) is 0 Å². The highest BCUT2D eigenvalue weighted by atomic mass is 32.2. The van der Waals surface area contributed by atoms with Crippen molar-refractivity contribution in [1.82, 2.24) is 10.2 Å². The van der Waals surface area contributed by atoms with E-state index in [0.717, 1.165) is 16.0 Å². The molecule has 4 nitrogen and oxygen atoms in total. The largest absolute Gasteiger partial charge is 0.477 e. The van der Waals surface area contributed by atoms with Crippen LogP contribution in [-0.4, -0.2) is 27.5 Å². The highest BCUT2D eigenvalue weighted by Gasteiger charge is 2.12. The van der Waals surface area contributed by atoms with E-state index in [1.165, 1.54) is 5.56 Å². The van der Waals surface area contributed by atoms with Crippen LogP contribution in [0.4, 0.5) is 0 Å². The van der Waals surface area contributed by atoms with Crippen molar-refractivity contribution in [2.24, 2.45) is 0 Å². The number of nitrogens with zero attached hydrogens (tertiary/aromatic N) is 1. The number of carboxylic acids is 1. The minimum absolute atomic E-state index is 0.108. The topological polar surface area (TPSA) is 66.0 Å². The van der Waals surface area contributed by atoms with Gasteiger partial charge in [0.05, 0.1) is 5.69 Å². The van der Waals surface area contributed by atoms with Gasteiger partial charge in [-0.2, -0.15) is 5.10 Å². The van der Waals surface area contributed by atoms with E-state index < -0.39 is 5.97 Å². The van der Waals surface area contributed by atoms with Crippen LogP contribution in [-0.2, 0) is 0 Å². The molecule has 94 valence electrons. The molecule has 2 N–H and O–H groups in total. The summed E-state index contributed by atoms with van der Waals surface area (Å²) in [6, 6.07) is 5.72. The molecule has 18 heavy (non-hydrogen) atoms. The van der Waals surface area contributed by atoms with Crippen molar-refractivity contribution >= 4 is 17.7 Å². The van der Waals surface area contributed by atoms with Gasteiger partial charge in [-0.05, 0) is 49.4 Å². The average Bonchev–Trinajstić information content (AvgIpc) is 2.82. The van der Waals surface area contributed by atoms with Crippen molar-refractivity contribution in [3.8, 4) is 11.3 Å². The van der Waals surface area contributed by atoms with Crippen molar-refractivity contribution < 1.29 is 9.90 Å². The van der Waals surface area contributed by atoms with Gasteiger partial charge in [0, 0.05) is 10.5 Å². The Kier molecular flexibility index (Phi) is 3.43. The van der Waals surface area contributed by atoms with Gasteiger partial charge < -0.3 is 5.11 Å². The predicted molar refractivity (Wildman–Crippen MR) is 72.2 cm³/mol. The number of aromatic nitrogens is 2. The van der Waals surface area contributed by atoms with E-state index in [0.29, 0.717) is 5.69 Å². The van der Waals surface area contributed by atoms with Crippen molar-refractivity contribution in [3.05, 3.63) is 35.0 Å². The first-order valence-electron chi connectivity index (χ1n) is 5.47. The van der Waals surface area contributed by atoms with E-state index in [1.807, 2.05) is 26.2 Å². The number of aryl methyl sites for hydroxylation is 1. The Morgan fingerprint density at radius 2 is 2.06 bits per heavy atom. The lowest BCUT2D eigenvalue weighted by Crippen LogP contribution is -1.95. The van der Waals surface area contributed by atoms with Gasteiger partial charge in [-0.15, -0.1) is 11.8 Å². The number of carbonyl (C=O) groups is 1. The number of thioether (sulfide) groups is 1. The monoisotopic (exact) mass is 262 g/mol. The first kappa shape index (κ1) is 12.7. The Balaban J connectivity index is 2.55. The molecule has 0 spiro atoms. The number of carboxylic acid groups (broad SMARTS) is 1.